The lowest BCUT2D eigenvalue weighted by Gasteiger charge is -2.10. The lowest BCUT2D eigenvalue weighted by atomic mass is 10.3. The van der Waals surface area contributed by atoms with Gasteiger partial charge in [-0.2, -0.15) is 0 Å². The second-order valence-corrected chi connectivity index (χ2v) is 6.76. The van der Waals surface area contributed by atoms with E-state index >= 15 is 0 Å². The Bertz CT molecular complexity index is 561. The van der Waals surface area contributed by atoms with Crippen molar-refractivity contribution >= 4 is 53.2 Å². The van der Waals surface area contributed by atoms with Gasteiger partial charge < -0.3 is 10.5 Å². The van der Waals surface area contributed by atoms with Gasteiger partial charge in [0.05, 0.1) is 5.02 Å². The highest BCUT2D eigenvalue weighted by molar-refractivity contribution is 9.10. The average Bonchev–Trinajstić information content (AvgIpc) is 2.13. The summed E-state index contributed by atoms with van der Waals surface area (Å²) in [6, 6.07) is 2.62. The van der Waals surface area contributed by atoms with Gasteiger partial charge in [0.2, 0.25) is 0 Å². The number of hydrogen-bond donors (Lipinski definition) is 1. The third-order valence-corrected chi connectivity index (χ3v) is 3.66. The molecule has 1 aromatic carbocycles. The Hall–Kier alpha value is -0.500. The Morgan fingerprint density at radius 3 is 2.53 bits per heavy atom. The zero-order chi connectivity index (χ0) is 13.2. The molecule has 0 aliphatic carbocycles. The van der Waals surface area contributed by atoms with E-state index in [0.717, 1.165) is 0 Å². The molecule has 0 spiro atoms. The van der Waals surface area contributed by atoms with Crippen LogP contribution in [0.25, 0.3) is 0 Å². The summed E-state index contributed by atoms with van der Waals surface area (Å²) in [7, 11) is 1.17. The maximum absolute atomic E-state index is 11.3. The highest BCUT2D eigenvalue weighted by atomic mass is 79.9. The van der Waals surface area contributed by atoms with Gasteiger partial charge in [0.1, 0.15) is 4.90 Å². The molecular weight excluding hydrogens is 357 g/mol. The molecule has 1 rings (SSSR count). The second kappa shape index (κ2) is 5.43. The van der Waals surface area contributed by atoms with E-state index in [1.165, 1.54) is 12.1 Å². The first kappa shape index (κ1) is 14.6. The van der Waals surface area contributed by atoms with Gasteiger partial charge in [-0.3, -0.25) is 4.79 Å². The molecule has 0 radical (unpaired) electrons. The molecule has 9 heteroatoms. The van der Waals surface area contributed by atoms with Crippen LogP contribution in [0.5, 0.6) is 5.75 Å². The van der Waals surface area contributed by atoms with E-state index in [2.05, 4.69) is 15.9 Å². The average molecular weight is 363 g/mol. The zero-order valence-electron chi connectivity index (χ0n) is 8.11. The Labute approximate surface area is 115 Å². The quantitative estimate of drug-likeness (QED) is 0.828. The first-order valence-electron chi connectivity index (χ1n) is 4.06. The van der Waals surface area contributed by atoms with E-state index in [9.17, 15) is 13.2 Å². The number of halogens is 3. The third kappa shape index (κ3) is 4.02. The molecule has 0 heterocycles. The van der Waals surface area contributed by atoms with Crippen molar-refractivity contribution in [3.8, 4) is 5.75 Å². The van der Waals surface area contributed by atoms with Crippen molar-refractivity contribution in [3.63, 3.8) is 0 Å². The van der Waals surface area contributed by atoms with E-state index in [1.54, 1.807) is 0 Å². The fourth-order valence-electron chi connectivity index (χ4n) is 1.00. The molecule has 0 atom stereocenters. The largest absolute Gasteiger partial charge is 0.481 e. The predicted molar refractivity (Wildman–Crippen MR) is 66.9 cm³/mol. The van der Waals surface area contributed by atoms with Gasteiger partial charge in [-0.1, -0.05) is 27.5 Å². The van der Waals surface area contributed by atoms with Gasteiger partial charge in [0.25, 0.3) is 15.0 Å². The fraction of sp³-hybridized carbons (Fsp3) is 0.125. The predicted octanol–water partition coefficient (Wildman–Crippen LogP) is 1.89. The molecule has 0 fully saturated rings. The summed E-state index contributed by atoms with van der Waals surface area (Å²) >= 11 is 8.86. The fourth-order valence-corrected chi connectivity index (χ4v) is 3.07. The second-order valence-electron chi connectivity index (χ2n) is 2.91. The van der Waals surface area contributed by atoms with E-state index in [-0.39, 0.29) is 15.7 Å². The minimum absolute atomic E-state index is 0.000139. The molecule has 0 aliphatic rings. The molecule has 5 nitrogen and oxygen atoms in total. The number of hydrogen-bond acceptors (Lipinski definition) is 4. The summed E-state index contributed by atoms with van der Waals surface area (Å²) in [6.07, 6.45) is 0. The highest BCUT2D eigenvalue weighted by Crippen LogP contribution is 2.36. The first-order valence-corrected chi connectivity index (χ1v) is 7.54. The van der Waals surface area contributed by atoms with Crippen LogP contribution in [0.4, 0.5) is 0 Å². The van der Waals surface area contributed by atoms with E-state index in [1.807, 2.05) is 0 Å². The maximum Gasteiger partial charge on any atom is 0.265 e. The topological polar surface area (TPSA) is 86.5 Å². The molecule has 2 N–H and O–H groups in total. The molecule has 17 heavy (non-hydrogen) atoms. The van der Waals surface area contributed by atoms with Crippen LogP contribution < -0.4 is 10.5 Å². The molecule has 0 saturated heterocycles. The van der Waals surface area contributed by atoms with Gasteiger partial charge in [0.15, 0.2) is 12.4 Å². The van der Waals surface area contributed by atoms with Crippen LogP contribution in [0.1, 0.15) is 0 Å². The number of ether oxygens (including phenoxy) is 1. The molecular formula is C8H6BrCl2NO4S. The van der Waals surface area contributed by atoms with E-state index < -0.39 is 21.6 Å². The van der Waals surface area contributed by atoms with Crippen molar-refractivity contribution < 1.29 is 17.9 Å². The van der Waals surface area contributed by atoms with Crippen LogP contribution in [0.3, 0.4) is 0 Å². The number of rotatable bonds is 4. The molecule has 0 bridgehead atoms. The van der Waals surface area contributed by atoms with Gasteiger partial charge in [-0.15, -0.1) is 0 Å². The Morgan fingerprint density at radius 1 is 1.47 bits per heavy atom. The monoisotopic (exact) mass is 361 g/mol. The van der Waals surface area contributed by atoms with Crippen molar-refractivity contribution in [1.29, 1.82) is 0 Å². The summed E-state index contributed by atoms with van der Waals surface area (Å²) < 4.78 is 27.9. The van der Waals surface area contributed by atoms with Crippen LogP contribution >= 0.6 is 38.2 Å². The molecule has 0 aromatic heterocycles. The number of benzene rings is 1. The minimum Gasteiger partial charge on any atom is -0.481 e. The molecule has 1 aromatic rings. The van der Waals surface area contributed by atoms with Crippen LogP contribution in [0, 0.1) is 0 Å². The standard InChI is InChI=1S/C8H6BrCl2NO4S/c9-4-1-5(10)8(16-3-7(12)13)6(2-4)17(11,14)15/h1-2H,3H2,(H2,12,13). The van der Waals surface area contributed by atoms with Crippen LogP contribution in [-0.4, -0.2) is 20.9 Å². The van der Waals surface area contributed by atoms with Crippen molar-refractivity contribution in [1.82, 2.24) is 0 Å². The molecule has 0 unspecified atom stereocenters. The highest BCUT2D eigenvalue weighted by Gasteiger charge is 2.21. The maximum atomic E-state index is 11.3. The van der Waals surface area contributed by atoms with Gasteiger partial charge in [-0.25, -0.2) is 8.42 Å². The van der Waals surface area contributed by atoms with Crippen LogP contribution in [0.2, 0.25) is 5.02 Å². The number of carbonyl (C=O) groups excluding carboxylic acids is 1. The third-order valence-electron chi connectivity index (χ3n) is 1.60. The number of amides is 1. The van der Waals surface area contributed by atoms with Gasteiger partial charge >= 0.3 is 0 Å². The zero-order valence-corrected chi connectivity index (χ0v) is 12.0. The Balaban J connectivity index is 3.31. The van der Waals surface area contributed by atoms with Gasteiger partial charge in [0, 0.05) is 15.2 Å². The summed E-state index contributed by atoms with van der Waals surface area (Å²) in [5.74, 6) is -0.967. The summed E-state index contributed by atoms with van der Waals surface area (Å²) in [4.78, 5) is 10.2. The number of carbonyl (C=O) groups is 1. The Morgan fingerprint density at radius 2 is 2.06 bits per heavy atom. The van der Waals surface area contributed by atoms with Crippen molar-refractivity contribution in [2.75, 3.05) is 6.61 Å². The smallest absolute Gasteiger partial charge is 0.265 e. The van der Waals surface area contributed by atoms with Crippen molar-refractivity contribution in [2.24, 2.45) is 5.73 Å². The molecule has 1 amide bonds. The van der Waals surface area contributed by atoms with Crippen molar-refractivity contribution in [2.45, 2.75) is 4.90 Å². The molecule has 0 aliphatic heterocycles. The van der Waals surface area contributed by atoms with Crippen LogP contribution in [-0.2, 0) is 13.8 Å². The van der Waals surface area contributed by atoms with E-state index in [4.69, 9.17) is 32.8 Å². The number of primary amides is 1. The Kier molecular flexibility index (Phi) is 4.65. The van der Waals surface area contributed by atoms with Crippen molar-refractivity contribution in [3.05, 3.63) is 21.6 Å². The summed E-state index contributed by atoms with van der Waals surface area (Å²) in [5.41, 5.74) is 4.88. The lowest BCUT2D eigenvalue weighted by molar-refractivity contribution is -0.120. The minimum atomic E-state index is -4.05. The SMILES string of the molecule is NC(=O)COc1c(Cl)cc(Br)cc1S(=O)(=O)Cl. The first-order chi connectivity index (χ1) is 7.71. The lowest BCUT2D eigenvalue weighted by Crippen LogP contribution is -2.20. The summed E-state index contributed by atoms with van der Waals surface area (Å²) in [6.45, 7) is -0.499. The molecule has 94 valence electrons. The van der Waals surface area contributed by atoms with Crippen LogP contribution in [0.15, 0.2) is 21.5 Å². The van der Waals surface area contributed by atoms with Gasteiger partial charge in [-0.05, 0) is 12.1 Å². The summed E-state index contributed by atoms with van der Waals surface area (Å²) in [5, 5.41) is -0.000139. The van der Waals surface area contributed by atoms with E-state index in [0.29, 0.717) is 4.47 Å². The number of nitrogens with two attached hydrogens (primary N) is 1. The normalized spacial score (nSPS) is 11.2. The molecule has 0 saturated carbocycles.